The third kappa shape index (κ3) is 7.12. The van der Waals surface area contributed by atoms with E-state index >= 15 is 0 Å². The van der Waals surface area contributed by atoms with Crippen molar-refractivity contribution in [2.24, 2.45) is 0 Å². The molecule has 2 aromatic rings. The molecule has 0 bridgehead atoms. The normalized spacial score (nSPS) is 10.2. The Balaban J connectivity index is 0.00000364. The van der Waals surface area contributed by atoms with Gasteiger partial charge in [0, 0.05) is 26.7 Å². The van der Waals surface area contributed by atoms with Crippen LogP contribution in [-0.2, 0) is 4.74 Å². The molecule has 0 aliphatic heterocycles. The van der Waals surface area contributed by atoms with Gasteiger partial charge in [-0.05, 0) is 30.7 Å². The van der Waals surface area contributed by atoms with Crippen molar-refractivity contribution < 1.29 is 14.3 Å². The highest BCUT2D eigenvalue weighted by atomic mass is 35.5. The lowest BCUT2D eigenvalue weighted by atomic mass is 10.2. The number of benzene rings is 1. The molecule has 0 atom stereocenters. The van der Waals surface area contributed by atoms with Gasteiger partial charge in [0.15, 0.2) is 0 Å². The number of halogens is 2. The Hall–Kier alpha value is -1.64. The first kappa shape index (κ1) is 23.4. The smallest absolute Gasteiger partial charge is 0.261 e. The molecule has 0 fully saturated rings. The van der Waals surface area contributed by atoms with Crippen molar-refractivity contribution in [2.45, 2.75) is 6.92 Å². The fourth-order valence-electron chi connectivity index (χ4n) is 2.24. The highest BCUT2D eigenvalue weighted by Crippen LogP contribution is 2.27. The summed E-state index contributed by atoms with van der Waals surface area (Å²) in [5.41, 5.74) is 1.21. The maximum Gasteiger partial charge on any atom is 0.261 e. The van der Waals surface area contributed by atoms with Gasteiger partial charge in [-0.3, -0.25) is 9.59 Å². The molecule has 2 rings (SSSR count). The number of nitrogens with one attached hydrogen (secondary N) is 3. The number of hydrogen-bond donors (Lipinski definition) is 3. The van der Waals surface area contributed by atoms with Crippen LogP contribution in [-0.4, -0.2) is 45.2 Å². The summed E-state index contributed by atoms with van der Waals surface area (Å²) in [6.45, 7) is 4.39. The summed E-state index contributed by atoms with van der Waals surface area (Å²) in [6.07, 6.45) is 0. The van der Waals surface area contributed by atoms with Crippen LogP contribution in [0.25, 0.3) is 0 Å². The topological polar surface area (TPSA) is 79.5 Å². The molecule has 0 unspecified atom stereocenters. The van der Waals surface area contributed by atoms with Crippen LogP contribution >= 0.6 is 35.3 Å². The number of hydrogen-bond acceptors (Lipinski definition) is 5. The molecular formula is C18H23Cl2N3O3S. The minimum absolute atomic E-state index is 0. The van der Waals surface area contributed by atoms with Gasteiger partial charge in [-0.2, -0.15) is 0 Å². The largest absolute Gasteiger partial charge is 0.383 e. The van der Waals surface area contributed by atoms with Crippen LogP contribution in [0.1, 0.15) is 25.6 Å². The first-order valence-corrected chi connectivity index (χ1v) is 9.36. The van der Waals surface area contributed by atoms with E-state index in [-0.39, 0.29) is 24.2 Å². The fraction of sp³-hybridized carbons (Fsp3) is 0.333. The lowest BCUT2D eigenvalue weighted by Gasteiger charge is -2.06. The third-order valence-corrected chi connectivity index (χ3v) is 5.03. The highest BCUT2D eigenvalue weighted by Gasteiger charge is 2.16. The van der Waals surface area contributed by atoms with Crippen molar-refractivity contribution in [3.05, 3.63) is 51.4 Å². The predicted molar refractivity (Wildman–Crippen MR) is 113 cm³/mol. The second-order valence-electron chi connectivity index (χ2n) is 5.56. The van der Waals surface area contributed by atoms with Gasteiger partial charge in [0.25, 0.3) is 11.8 Å². The van der Waals surface area contributed by atoms with Crippen LogP contribution in [0.15, 0.2) is 30.3 Å². The molecule has 3 N–H and O–H groups in total. The highest BCUT2D eigenvalue weighted by molar-refractivity contribution is 7.18. The van der Waals surface area contributed by atoms with E-state index in [4.69, 9.17) is 16.3 Å². The summed E-state index contributed by atoms with van der Waals surface area (Å²) in [5, 5.41) is 9.80. The second kappa shape index (κ2) is 11.9. The minimum atomic E-state index is -0.300. The molecular weight excluding hydrogens is 409 g/mol. The van der Waals surface area contributed by atoms with E-state index in [0.29, 0.717) is 40.2 Å². The fourth-order valence-corrected chi connectivity index (χ4v) is 3.44. The van der Waals surface area contributed by atoms with E-state index in [1.807, 2.05) is 6.92 Å². The van der Waals surface area contributed by atoms with E-state index in [0.717, 1.165) is 12.1 Å². The van der Waals surface area contributed by atoms with Crippen molar-refractivity contribution in [1.29, 1.82) is 0 Å². The first-order chi connectivity index (χ1) is 12.5. The average Bonchev–Trinajstić information content (AvgIpc) is 2.98. The SMILES string of the molecule is COCCNCCNC(=O)c1sc(NC(=O)c2ccccc2Cl)cc1C.Cl. The number of anilines is 1. The summed E-state index contributed by atoms with van der Waals surface area (Å²) >= 11 is 7.28. The summed E-state index contributed by atoms with van der Waals surface area (Å²) in [6, 6.07) is 8.62. The van der Waals surface area contributed by atoms with Crippen LogP contribution in [0.3, 0.4) is 0 Å². The van der Waals surface area contributed by atoms with E-state index in [1.165, 1.54) is 11.3 Å². The maximum atomic E-state index is 12.3. The molecule has 2 amide bonds. The molecule has 1 aromatic heterocycles. The van der Waals surface area contributed by atoms with Gasteiger partial charge in [0.2, 0.25) is 0 Å². The number of thiophene rings is 1. The van der Waals surface area contributed by atoms with Gasteiger partial charge in [-0.15, -0.1) is 23.7 Å². The molecule has 0 aliphatic carbocycles. The third-order valence-electron chi connectivity index (χ3n) is 3.55. The van der Waals surface area contributed by atoms with E-state index in [1.54, 1.807) is 37.4 Å². The van der Waals surface area contributed by atoms with Crippen LogP contribution in [0.5, 0.6) is 0 Å². The minimum Gasteiger partial charge on any atom is -0.383 e. The summed E-state index contributed by atoms with van der Waals surface area (Å²) in [4.78, 5) is 25.2. The monoisotopic (exact) mass is 431 g/mol. The van der Waals surface area contributed by atoms with Crippen LogP contribution in [0.2, 0.25) is 5.02 Å². The Morgan fingerprint density at radius 3 is 2.59 bits per heavy atom. The lowest BCUT2D eigenvalue weighted by molar-refractivity contribution is 0.0956. The molecule has 6 nitrogen and oxygen atoms in total. The molecule has 0 saturated carbocycles. The summed E-state index contributed by atoms with van der Waals surface area (Å²) in [7, 11) is 1.64. The van der Waals surface area contributed by atoms with Crippen molar-refractivity contribution in [2.75, 3.05) is 38.7 Å². The van der Waals surface area contributed by atoms with Gasteiger partial charge < -0.3 is 20.7 Å². The summed E-state index contributed by atoms with van der Waals surface area (Å²) < 4.78 is 4.94. The molecule has 27 heavy (non-hydrogen) atoms. The van der Waals surface area contributed by atoms with E-state index in [2.05, 4.69) is 16.0 Å². The number of carbonyl (C=O) groups is 2. The van der Waals surface area contributed by atoms with Gasteiger partial charge >= 0.3 is 0 Å². The number of aryl methyl sites for hydroxylation is 1. The average molecular weight is 432 g/mol. The molecule has 1 heterocycles. The first-order valence-electron chi connectivity index (χ1n) is 8.17. The number of methoxy groups -OCH3 is 1. The molecule has 0 radical (unpaired) electrons. The number of ether oxygens (including phenoxy) is 1. The van der Waals surface area contributed by atoms with Crippen molar-refractivity contribution in [3.63, 3.8) is 0 Å². The number of rotatable bonds is 9. The quantitative estimate of drug-likeness (QED) is 0.531. The Morgan fingerprint density at radius 2 is 1.89 bits per heavy atom. The predicted octanol–water partition coefficient (Wildman–Crippen LogP) is 3.35. The molecule has 0 saturated heterocycles. The van der Waals surface area contributed by atoms with Gasteiger partial charge in [-0.1, -0.05) is 23.7 Å². The zero-order valence-electron chi connectivity index (χ0n) is 15.1. The zero-order valence-corrected chi connectivity index (χ0v) is 17.5. The lowest BCUT2D eigenvalue weighted by Crippen LogP contribution is -2.32. The van der Waals surface area contributed by atoms with Crippen molar-refractivity contribution in [1.82, 2.24) is 10.6 Å². The maximum absolute atomic E-state index is 12.3. The van der Waals surface area contributed by atoms with Gasteiger partial charge in [-0.25, -0.2) is 0 Å². The number of amides is 2. The van der Waals surface area contributed by atoms with Gasteiger partial charge in [0.1, 0.15) is 0 Å². The second-order valence-corrected chi connectivity index (χ2v) is 7.01. The van der Waals surface area contributed by atoms with Crippen molar-refractivity contribution in [3.8, 4) is 0 Å². The Morgan fingerprint density at radius 1 is 1.15 bits per heavy atom. The Labute approximate surface area is 174 Å². The number of carbonyl (C=O) groups excluding carboxylic acids is 2. The van der Waals surface area contributed by atoms with E-state index < -0.39 is 0 Å². The molecule has 0 spiro atoms. The van der Waals surface area contributed by atoms with Crippen LogP contribution < -0.4 is 16.0 Å². The van der Waals surface area contributed by atoms with Crippen LogP contribution in [0.4, 0.5) is 5.00 Å². The van der Waals surface area contributed by atoms with Crippen molar-refractivity contribution >= 4 is 52.2 Å². The standard InChI is InChI=1S/C18H22ClN3O3S.ClH/c1-12-11-15(22-17(23)13-5-3-4-6-14(13)19)26-16(12)18(24)21-8-7-20-9-10-25-2;/h3-6,11,20H,7-10H2,1-2H3,(H,21,24)(H,22,23);1H. The summed E-state index contributed by atoms with van der Waals surface area (Å²) in [5.74, 6) is -0.453. The molecule has 0 aliphatic rings. The molecule has 1 aromatic carbocycles. The Bertz CT molecular complexity index is 768. The van der Waals surface area contributed by atoms with Gasteiger partial charge in [0.05, 0.1) is 27.1 Å². The van der Waals surface area contributed by atoms with E-state index in [9.17, 15) is 9.59 Å². The Kier molecular flexibility index (Phi) is 10.4. The zero-order chi connectivity index (χ0) is 18.9. The molecule has 148 valence electrons. The molecule has 9 heteroatoms. The van der Waals surface area contributed by atoms with Crippen LogP contribution in [0, 0.1) is 6.92 Å².